The molecule has 0 aliphatic rings. The summed E-state index contributed by atoms with van der Waals surface area (Å²) in [6, 6.07) is 2.87. The molecule has 0 atom stereocenters. The van der Waals surface area contributed by atoms with Crippen molar-refractivity contribution < 1.29 is 13.9 Å². The minimum absolute atomic E-state index is 0.128. The van der Waals surface area contributed by atoms with E-state index in [1.54, 1.807) is 6.07 Å². The Morgan fingerprint density at radius 2 is 2.38 bits per heavy atom. The van der Waals surface area contributed by atoms with Crippen LogP contribution in [0.2, 0.25) is 0 Å². The molecule has 4 nitrogen and oxygen atoms in total. The molecule has 1 aromatic carbocycles. The Labute approximate surface area is 98.9 Å². The third-order valence-electron chi connectivity index (χ3n) is 2.22. The summed E-state index contributed by atoms with van der Waals surface area (Å²) in [6.45, 7) is 0. The van der Waals surface area contributed by atoms with Crippen molar-refractivity contribution in [1.29, 1.82) is 0 Å². The van der Waals surface area contributed by atoms with Crippen molar-refractivity contribution in [3.8, 4) is 0 Å². The maximum absolute atomic E-state index is 13.5. The summed E-state index contributed by atoms with van der Waals surface area (Å²) in [6.07, 6.45) is -0.128. The molecule has 2 rings (SSSR count). The molecule has 1 heterocycles. The number of nitrogens with zero attached hydrogens (tertiary/aromatic N) is 1. The highest BCUT2D eigenvalue weighted by Gasteiger charge is 2.15. The first-order valence-corrected chi connectivity index (χ1v) is 5.30. The van der Waals surface area contributed by atoms with Crippen molar-refractivity contribution in [2.24, 2.45) is 0 Å². The second-order valence-electron chi connectivity index (χ2n) is 3.20. The Kier molecular flexibility index (Phi) is 2.91. The zero-order valence-corrected chi connectivity index (χ0v) is 9.97. The van der Waals surface area contributed by atoms with Crippen LogP contribution >= 0.6 is 15.9 Å². The van der Waals surface area contributed by atoms with Crippen molar-refractivity contribution in [1.82, 2.24) is 9.97 Å². The average Bonchev–Trinajstić information content (AvgIpc) is 2.63. The number of fused-ring (bicyclic) bond motifs is 1. The van der Waals surface area contributed by atoms with Gasteiger partial charge in [-0.1, -0.05) is 0 Å². The summed E-state index contributed by atoms with van der Waals surface area (Å²) in [5, 5.41) is 0. The topological polar surface area (TPSA) is 55.0 Å². The van der Waals surface area contributed by atoms with E-state index in [0.29, 0.717) is 15.8 Å². The fourth-order valence-corrected chi connectivity index (χ4v) is 1.85. The third-order valence-corrected chi connectivity index (χ3v) is 2.60. The number of carbonyl (C=O) groups excluding carboxylic acids is 1. The lowest BCUT2D eigenvalue weighted by molar-refractivity contribution is -0.139. The molecule has 6 heteroatoms. The van der Waals surface area contributed by atoms with E-state index < -0.39 is 11.8 Å². The molecule has 0 amide bonds. The van der Waals surface area contributed by atoms with E-state index in [4.69, 9.17) is 0 Å². The fourth-order valence-electron chi connectivity index (χ4n) is 1.46. The largest absolute Gasteiger partial charge is 0.469 e. The number of halogens is 2. The van der Waals surface area contributed by atoms with E-state index in [1.165, 1.54) is 13.2 Å². The standard InChI is InChI=1S/C10H8BrFN2O2/c1-16-8(15)4-5-6(12)2-3-7-9(5)14-10(11)13-7/h2-3H,4H2,1H3,(H,13,14). The van der Waals surface area contributed by atoms with Crippen LogP contribution in [0.4, 0.5) is 4.39 Å². The van der Waals surface area contributed by atoms with Gasteiger partial charge in [-0.05, 0) is 28.1 Å². The molecule has 0 bridgehead atoms. The zero-order chi connectivity index (χ0) is 11.7. The van der Waals surface area contributed by atoms with Crippen molar-refractivity contribution in [3.05, 3.63) is 28.2 Å². The molecule has 0 unspecified atom stereocenters. The number of nitrogens with one attached hydrogen (secondary N) is 1. The predicted octanol–water partition coefficient (Wildman–Crippen LogP) is 2.18. The first kappa shape index (κ1) is 11.1. The van der Waals surface area contributed by atoms with E-state index in [1.807, 2.05) is 0 Å². The van der Waals surface area contributed by atoms with Gasteiger partial charge >= 0.3 is 5.97 Å². The number of hydrogen-bond donors (Lipinski definition) is 1. The van der Waals surface area contributed by atoms with E-state index in [0.717, 1.165) is 0 Å². The zero-order valence-electron chi connectivity index (χ0n) is 8.38. The molecule has 0 spiro atoms. The fraction of sp³-hybridized carbons (Fsp3) is 0.200. The molecule has 0 aliphatic carbocycles. The van der Waals surface area contributed by atoms with Crippen LogP contribution in [0.3, 0.4) is 0 Å². The monoisotopic (exact) mass is 286 g/mol. The van der Waals surface area contributed by atoms with Crippen LogP contribution in [0, 0.1) is 5.82 Å². The van der Waals surface area contributed by atoms with E-state index in [2.05, 4.69) is 30.6 Å². The first-order chi connectivity index (χ1) is 7.61. The van der Waals surface area contributed by atoms with E-state index >= 15 is 0 Å². The molecular weight excluding hydrogens is 279 g/mol. The SMILES string of the molecule is COC(=O)Cc1c(F)ccc2[nH]c(Br)nc12. The van der Waals surface area contributed by atoms with Crippen LogP contribution in [-0.4, -0.2) is 23.0 Å². The molecule has 84 valence electrons. The number of carbonyl (C=O) groups is 1. The maximum atomic E-state index is 13.5. The second-order valence-corrected chi connectivity index (χ2v) is 3.95. The van der Waals surface area contributed by atoms with Crippen LogP contribution in [0.15, 0.2) is 16.9 Å². The molecule has 0 aliphatic heterocycles. The van der Waals surface area contributed by atoms with Crippen LogP contribution in [0.25, 0.3) is 11.0 Å². The smallest absolute Gasteiger partial charge is 0.310 e. The summed E-state index contributed by atoms with van der Waals surface area (Å²) in [5.74, 6) is -0.956. The molecule has 16 heavy (non-hydrogen) atoms. The van der Waals surface area contributed by atoms with Gasteiger partial charge in [-0.3, -0.25) is 4.79 Å². The molecule has 0 saturated carbocycles. The minimum atomic E-state index is -0.495. The Hall–Kier alpha value is -1.43. The summed E-state index contributed by atoms with van der Waals surface area (Å²) < 4.78 is 18.6. The molecule has 0 fully saturated rings. The number of esters is 1. The van der Waals surface area contributed by atoms with Crippen molar-refractivity contribution >= 4 is 32.9 Å². The van der Waals surface area contributed by atoms with Crippen LogP contribution in [0.1, 0.15) is 5.56 Å². The molecule has 1 N–H and O–H groups in total. The number of methoxy groups -OCH3 is 1. The van der Waals surface area contributed by atoms with E-state index in [9.17, 15) is 9.18 Å². The Bertz CT molecular complexity index is 553. The third kappa shape index (κ3) is 1.92. The lowest BCUT2D eigenvalue weighted by atomic mass is 10.1. The number of rotatable bonds is 2. The molecule has 1 aromatic heterocycles. The van der Waals surface area contributed by atoms with Crippen molar-refractivity contribution in [2.75, 3.05) is 7.11 Å². The molecule has 2 aromatic rings. The Morgan fingerprint density at radius 1 is 1.62 bits per heavy atom. The van der Waals surface area contributed by atoms with Gasteiger partial charge in [0.2, 0.25) is 0 Å². The number of aromatic amines is 1. The van der Waals surface area contributed by atoms with Gasteiger partial charge in [0.05, 0.1) is 24.6 Å². The number of aromatic nitrogens is 2. The Morgan fingerprint density at radius 3 is 3.06 bits per heavy atom. The summed E-state index contributed by atoms with van der Waals surface area (Å²) in [4.78, 5) is 18.1. The van der Waals surface area contributed by atoms with E-state index in [-0.39, 0.29) is 12.0 Å². The highest BCUT2D eigenvalue weighted by molar-refractivity contribution is 9.10. The normalized spacial score (nSPS) is 10.7. The van der Waals surface area contributed by atoms with Gasteiger partial charge in [-0.25, -0.2) is 9.37 Å². The highest BCUT2D eigenvalue weighted by atomic mass is 79.9. The average molecular weight is 287 g/mol. The van der Waals surface area contributed by atoms with Gasteiger partial charge < -0.3 is 9.72 Å². The highest BCUT2D eigenvalue weighted by Crippen LogP contribution is 2.22. The lowest BCUT2D eigenvalue weighted by Crippen LogP contribution is -2.06. The molecule has 0 radical (unpaired) electrons. The lowest BCUT2D eigenvalue weighted by Gasteiger charge is -2.02. The van der Waals surface area contributed by atoms with Gasteiger partial charge in [0.1, 0.15) is 5.82 Å². The van der Waals surface area contributed by atoms with Gasteiger partial charge in [-0.2, -0.15) is 0 Å². The quantitative estimate of drug-likeness (QED) is 0.861. The second kappa shape index (κ2) is 4.21. The van der Waals surface area contributed by atoms with Gasteiger partial charge in [0.25, 0.3) is 0 Å². The number of imidazole rings is 1. The molecule has 0 saturated heterocycles. The summed E-state index contributed by atoms with van der Waals surface area (Å²) in [7, 11) is 1.26. The minimum Gasteiger partial charge on any atom is -0.469 e. The van der Waals surface area contributed by atoms with Gasteiger partial charge in [0, 0.05) is 5.56 Å². The summed E-state index contributed by atoms with van der Waals surface area (Å²) >= 11 is 3.16. The molecular formula is C10H8BrFN2O2. The number of hydrogen-bond acceptors (Lipinski definition) is 3. The number of benzene rings is 1. The summed E-state index contributed by atoms with van der Waals surface area (Å²) in [5.41, 5.74) is 1.36. The van der Waals surface area contributed by atoms with Gasteiger partial charge in [-0.15, -0.1) is 0 Å². The maximum Gasteiger partial charge on any atom is 0.310 e. The first-order valence-electron chi connectivity index (χ1n) is 4.51. The van der Waals surface area contributed by atoms with Crippen LogP contribution in [0.5, 0.6) is 0 Å². The number of ether oxygens (including phenoxy) is 1. The van der Waals surface area contributed by atoms with Crippen LogP contribution in [-0.2, 0) is 16.0 Å². The van der Waals surface area contributed by atoms with Crippen molar-refractivity contribution in [2.45, 2.75) is 6.42 Å². The van der Waals surface area contributed by atoms with Gasteiger partial charge in [0.15, 0.2) is 4.73 Å². The number of H-pyrrole nitrogens is 1. The van der Waals surface area contributed by atoms with Crippen LogP contribution < -0.4 is 0 Å². The Balaban J connectivity index is 2.56. The predicted molar refractivity (Wildman–Crippen MR) is 59.5 cm³/mol. The van der Waals surface area contributed by atoms with Crippen molar-refractivity contribution in [3.63, 3.8) is 0 Å².